The molecule has 0 bridgehead atoms. The van der Waals surface area contributed by atoms with Crippen LogP contribution in [0.5, 0.6) is 0 Å². The molecule has 11 aromatic rings. The Hall–Kier alpha value is -5.88. The van der Waals surface area contributed by atoms with Gasteiger partial charge in [-0.05, 0) is 100 Å². The average Bonchev–Trinajstić information content (AvgIpc) is 3.91. The number of benzene rings is 7. The number of hydrogen-bond donors (Lipinski definition) is 0. The number of nitrogens with zero attached hydrogens (tertiary/aromatic N) is 3. The summed E-state index contributed by atoms with van der Waals surface area (Å²) in [7, 11) is 0. The largest absolute Gasteiger partial charge is 0.309 e. The predicted molar refractivity (Wildman–Crippen MR) is 246 cm³/mol. The van der Waals surface area contributed by atoms with Gasteiger partial charge in [-0.2, -0.15) is 0 Å². The highest BCUT2D eigenvalue weighted by molar-refractivity contribution is 7.26. The van der Waals surface area contributed by atoms with Crippen LogP contribution in [0.25, 0.3) is 101 Å². The molecule has 1 aliphatic carbocycles. The monoisotopic (exact) mass is 769 g/mol. The quantitative estimate of drug-likeness (QED) is 0.179. The molecule has 57 heavy (non-hydrogen) atoms. The van der Waals surface area contributed by atoms with Crippen LogP contribution in [-0.4, -0.2) is 14.5 Å². The maximum atomic E-state index is 5.51. The van der Waals surface area contributed by atoms with E-state index in [-0.39, 0.29) is 10.8 Å². The van der Waals surface area contributed by atoms with Crippen LogP contribution in [0, 0.1) is 0 Å². The van der Waals surface area contributed by atoms with Gasteiger partial charge in [0.15, 0.2) is 5.82 Å². The van der Waals surface area contributed by atoms with Crippen molar-refractivity contribution in [3.63, 3.8) is 0 Å². The van der Waals surface area contributed by atoms with E-state index in [0.717, 1.165) is 38.5 Å². The number of rotatable bonds is 3. The van der Waals surface area contributed by atoms with Crippen LogP contribution in [-0.2, 0) is 10.8 Å². The molecular weight excluding hydrogens is 731 g/mol. The van der Waals surface area contributed by atoms with Crippen molar-refractivity contribution < 1.29 is 0 Å². The zero-order valence-electron chi connectivity index (χ0n) is 32.4. The van der Waals surface area contributed by atoms with Crippen molar-refractivity contribution in [1.29, 1.82) is 0 Å². The van der Waals surface area contributed by atoms with Gasteiger partial charge in [-0.1, -0.05) is 113 Å². The lowest BCUT2D eigenvalue weighted by Crippen LogP contribution is -2.33. The Morgan fingerprint density at radius 2 is 1.19 bits per heavy atom. The van der Waals surface area contributed by atoms with Gasteiger partial charge in [0.1, 0.15) is 4.83 Å². The van der Waals surface area contributed by atoms with Crippen molar-refractivity contribution in [2.24, 2.45) is 0 Å². The summed E-state index contributed by atoms with van der Waals surface area (Å²) in [5, 5.41) is 10.1. The van der Waals surface area contributed by atoms with Crippen LogP contribution in [0.4, 0.5) is 0 Å². The molecule has 0 atom stereocenters. The third-order valence-corrected chi connectivity index (χ3v) is 15.1. The SMILES string of the molecule is CC1(C)CCC(C)(C)c2cc3c(cc21)c1c2ccccc2ccc1n3-c1cccc(-c2nc(-c3ccc4sc5ccccc5c4c3)c3c(n2)sc2ccccc23)c1. The van der Waals surface area contributed by atoms with E-state index in [1.165, 1.54) is 86.8 Å². The molecule has 5 heteroatoms. The van der Waals surface area contributed by atoms with Gasteiger partial charge >= 0.3 is 0 Å². The van der Waals surface area contributed by atoms with Gasteiger partial charge < -0.3 is 4.57 Å². The smallest absolute Gasteiger partial charge is 0.161 e. The van der Waals surface area contributed by atoms with Gasteiger partial charge in [-0.25, -0.2) is 9.97 Å². The molecule has 12 rings (SSSR count). The highest BCUT2D eigenvalue weighted by Gasteiger charge is 2.38. The summed E-state index contributed by atoms with van der Waals surface area (Å²) in [5.41, 5.74) is 9.84. The van der Waals surface area contributed by atoms with Crippen molar-refractivity contribution in [3.8, 4) is 28.3 Å². The number of fused-ring (bicyclic) bond motifs is 12. The summed E-state index contributed by atoms with van der Waals surface area (Å²) in [4.78, 5) is 11.9. The minimum absolute atomic E-state index is 0.0898. The fraction of sp³-hybridized carbons (Fsp3) is 0.154. The first kappa shape index (κ1) is 33.3. The lowest BCUT2D eigenvalue weighted by Gasteiger charge is -2.42. The second kappa shape index (κ2) is 11.8. The first-order valence-corrected chi connectivity index (χ1v) is 21.6. The zero-order valence-corrected chi connectivity index (χ0v) is 34.0. The molecule has 0 N–H and O–H groups in total. The Labute approximate surface area is 338 Å². The summed E-state index contributed by atoms with van der Waals surface area (Å²) in [6.45, 7) is 9.70. The van der Waals surface area contributed by atoms with E-state index in [2.05, 4.69) is 172 Å². The molecule has 0 amide bonds. The van der Waals surface area contributed by atoms with E-state index in [1.807, 2.05) is 11.3 Å². The highest BCUT2D eigenvalue weighted by Crippen LogP contribution is 2.49. The maximum absolute atomic E-state index is 5.51. The normalized spacial score (nSPS) is 15.2. The number of thiophene rings is 2. The van der Waals surface area contributed by atoms with Crippen LogP contribution < -0.4 is 0 Å². The first-order valence-electron chi connectivity index (χ1n) is 19.9. The molecule has 0 radical (unpaired) electrons. The van der Waals surface area contributed by atoms with Crippen molar-refractivity contribution in [3.05, 3.63) is 151 Å². The standard InChI is InChI=1S/C52H39N3S2/c1-51(2)24-25-52(3,4)40-29-42-38(28-39(40)51)46-34-15-6-5-12-30(34)20-22-41(46)55(42)33-14-11-13-32(26-33)49-53-48(47-36-17-8-10-19-44(36)57-50(47)54-49)31-21-23-45-37(27-31)35-16-7-9-18-43(35)56-45/h5-23,26-29H,24-25H2,1-4H3. The molecule has 1 aliphatic rings. The van der Waals surface area contributed by atoms with E-state index >= 15 is 0 Å². The highest BCUT2D eigenvalue weighted by atomic mass is 32.1. The molecule has 0 saturated carbocycles. The van der Waals surface area contributed by atoms with Crippen LogP contribution >= 0.6 is 22.7 Å². The average molecular weight is 770 g/mol. The third kappa shape index (κ3) is 4.89. The van der Waals surface area contributed by atoms with Crippen molar-refractivity contribution >= 4 is 95.7 Å². The van der Waals surface area contributed by atoms with Crippen LogP contribution in [0.15, 0.2) is 140 Å². The van der Waals surface area contributed by atoms with E-state index in [1.54, 1.807) is 11.3 Å². The van der Waals surface area contributed by atoms with Crippen molar-refractivity contribution in [1.82, 2.24) is 14.5 Å². The fourth-order valence-corrected chi connectivity index (χ4v) is 11.9. The first-order chi connectivity index (χ1) is 27.7. The van der Waals surface area contributed by atoms with Gasteiger partial charge in [-0.3, -0.25) is 0 Å². The number of hydrogen-bond acceptors (Lipinski definition) is 4. The third-order valence-electron chi connectivity index (χ3n) is 12.9. The fourth-order valence-electron chi connectivity index (χ4n) is 9.74. The minimum atomic E-state index is 0.0898. The Balaban J connectivity index is 1.11. The van der Waals surface area contributed by atoms with Gasteiger partial charge in [0.05, 0.1) is 16.7 Å². The van der Waals surface area contributed by atoms with E-state index in [4.69, 9.17) is 9.97 Å². The van der Waals surface area contributed by atoms with Gasteiger partial charge in [-0.15, -0.1) is 22.7 Å². The molecular formula is C52H39N3S2. The Kier molecular flexibility index (Phi) is 6.90. The molecule has 4 aromatic heterocycles. The van der Waals surface area contributed by atoms with Gasteiger partial charge in [0.25, 0.3) is 0 Å². The van der Waals surface area contributed by atoms with E-state index < -0.39 is 0 Å². The molecule has 0 aliphatic heterocycles. The molecule has 0 fully saturated rings. The Bertz CT molecular complexity index is 3490. The van der Waals surface area contributed by atoms with Crippen LogP contribution in [0.2, 0.25) is 0 Å². The second-order valence-corrected chi connectivity index (χ2v) is 19.3. The van der Waals surface area contributed by atoms with Crippen molar-refractivity contribution in [2.75, 3.05) is 0 Å². The lowest BCUT2D eigenvalue weighted by atomic mass is 9.63. The zero-order chi connectivity index (χ0) is 38.2. The Morgan fingerprint density at radius 1 is 0.491 bits per heavy atom. The predicted octanol–water partition coefficient (Wildman–Crippen LogP) is 15.1. The van der Waals surface area contributed by atoms with E-state index in [9.17, 15) is 0 Å². The lowest BCUT2D eigenvalue weighted by molar-refractivity contribution is 0.332. The van der Waals surface area contributed by atoms with Gasteiger partial charge in [0, 0.05) is 63.2 Å². The van der Waals surface area contributed by atoms with Crippen LogP contribution in [0.3, 0.4) is 0 Å². The molecule has 274 valence electrons. The molecule has 7 aromatic carbocycles. The molecule has 0 unspecified atom stereocenters. The molecule has 3 nitrogen and oxygen atoms in total. The Morgan fingerprint density at radius 3 is 2.02 bits per heavy atom. The second-order valence-electron chi connectivity index (χ2n) is 17.2. The maximum Gasteiger partial charge on any atom is 0.161 e. The van der Waals surface area contributed by atoms with E-state index in [0.29, 0.717) is 0 Å². The van der Waals surface area contributed by atoms with Gasteiger partial charge in [0.2, 0.25) is 0 Å². The summed E-state index contributed by atoms with van der Waals surface area (Å²) in [6.07, 6.45) is 2.36. The summed E-state index contributed by atoms with van der Waals surface area (Å²) >= 11 is 3.60. The molecule has 4 heterocycles. The summed E-state index contributed by atoms with van der Waals surface area (Å²) < 4.78 is 6.32. The number of aromatic nitrogens is 3. The summed E-state index contributed by atoms with van der Waals surface area (Å²) in [6, 6.07) is 51.7. The molecule has 0 spiro atoms. The van der Waals surface area contributed by atoms with Crippen LogP contribution in [0.1, 0.15) is 51.7 Å². The topological polar surface area (TPSA) is 30.7 Å². The molecule has 0 saturated heterocycles. The summed E-state index contributed by atoms with van der Waals surface area (Å²) in [5.74, 6) is 0.743. The minimum Gasteiger partial charge on any atom is -0.309 e. The van der Waals surface area contributed by atoms with Crippen molar-refractivity contribution in [2.45, 2.75) is 51.4 Å².